The van der Waals surface area contributed by atoms with Crippen molar-refractivity contribution in [3.8, 4) is 11.3 Å². The predicted molar refractivity (Wildman–Crippen MR) is 118 cm³/mol. The fourth-order valence-corrected chi connectivity index (χ4v) is 5.73. The molecule has 6 heteroatoms. The number of carbonyl (C=O) groups is 1. The van der Waals surface area contributed by atoms with E-state index in [-0.39, 0.29) is 11.9 Å². The molecule has 2 aliphatic rings. The van der Waals surface area contributed by atoms with Crippen molar-refractivity contribution in [1.29, 1.82) is 0 Å². The molecule has 1 aromatic heterocycles. The van der Waals surface area contributed by atoms with Gasteiger partial charge in [0.2, 0.25) is 0 Å². The summed E-state index contributed by atoms with van der Waals surface area (Å²) in [5.41, 5.74) is 2.18. The average Bonchev–Trinajstić information content (AvgIpc) is 3.21. The second-order valence-electron chi connectivity index (χ2n) is 7.03. The molecule has 2 aromatic rings. The highest BCUT2D eigenvalue weighted by Crippen LogP contribution is 2.38. The standard InChI is InChI=1S/C21H20BrNO2S2/c1-13-7-9-16(17(22)11-13)18-10-8-15(25-18)12-19-20(24)23(21(26)27-19)14-5-3-2-4-6-14/h7-12,14H,2-6H2,1H3/b19-12-. The van der Waals surface area contributed by atoms with Crippen molar-refractivity contribution < 1.29 is 9.21 Å². The van der Waals surface area contributed by atoms with Crippen LogP contribution in [-0.4, -0.2) is 21.2 Å². The van der Waals surface area contributed by atoms with E-state index in [0.717, 1.165) is 28.6 Å². The highest BCUT2D eigenvalue weighted by molar-refractivity contribution is 9.10. The zero-order valence-corrected chi connectivity index (χ0v) is 18.3. The molecule has 1 aromatic carbocycles. The molecule has 1 saturated carbocycles. The largest absolute Gasteiger partial charge is 0.457 e. The van der Waals surface area contributed by atoms with E-state index >= 15 is 0 Å². The summed E-state index contributed by atoms with van der Waals surface area (Å²) in [6, 6.07) is 10.2. The molecule has 2 heterocycles. The number of rotatable bonds is 3. The zero-order chi connectivity index (χ0) is 19.0. The van der Waals surface area contributed by atoms with Crippen LogP contribution in [0.3, 0.4) is 0 Å². The van der Waals surface area contributed by atoms with Gasteiger partial charge in [-0.15, -0.1) is 0 Å². The summed E-state index contributed by atoms with van der Waals surface area (Å²) in [5, 5.41) is 0. The van der Waals surface area contributed by atoms with Crippen LogP contribution in [0.5, 0.6) is 0 Å². The molecule has 0 spiro atoms. The van der Waals surface area contributed by atoms with Crippen LogP contribution < -0.4 is 0 Å². The van der Waals surface area contributed by atoms with Gasteiger partial charge in [0.05, 0.1) is 4.91 Å². The van der Waals surface area contributed by atoms with E-state index in [1.54, 1.807) is 0 Å². The van der Waals surface area contributed by atoms with Gasteiger partial charge in [-0.1, -0.05) is 65.2 Å². The number of halogens is 1. The molecule has 2 fully saturated rings. The van der Waals surface area contributed by atoms with E-state index in [9.17, 15) is 4.79 Å². The van der Waals surface area contributed by atoms with Gasteiger partial charge in [0.15, 0.2) is 0 Å². The molecule has 0 N–H and O–H groups in total. The molecule has 4 rings (SSSR count). The number of thiocarbonyl (C=S) groups is 1. The number of carbonyl (C=O) groups excluding carboxylic acids is 1. The quantitative estimate of drug-likeness (QED) is 0.383. The first-order chi connectivity index (χ1) is 13.0. The van der Waals surface area contributed by atoms with Crippen molar-refractivity contribution >= 4 is 56.2 Å². The van der Waals surface area contributed by atoms with Gasteiger partial charge in [-0.25, -0.2) is 0 Å². The number of nitrogens with zero attached hydrogens (tertiary/aromatic N) is 1. The lowest BCUT2D eigenvalue weighted by Crippen LogP contribution is -2.39. The molecule has 0 unspecified atom stereocenters. The van der Waals surface area contributed by atoms with Gasteiger partial charge in [0.1, 0.15) is 15.8 Å². The Morgan fingerprint density at radius 2 is 2.00 bits per heavy atom. The van der Waals surface area contributed by atoms with Crippen LogP contribution in [-0.2, 0) is 4.79 Å². The molecule has 1 saturated heterocycles. The third-order valence-corrected chi connectivity index (χ3v) is 7.04. The Morgan fingerprint density at radius 3 is 2.74 bits per heavy atom. The SMILES string of the molecule is Cc1ccc(-c2ccc(/C=C3\SC(=S)N(C4CCCCC4)C3=O)o2)c(Br)c1. The molecule has 1 aliphatic carbocycles. The number of amides is 1. The smallest absolute Gasteiger partial charge is 0.266 e. The maximum absolute atomic E-state index is 12.9. The molecule has 1 aliphatic heterocycles. The highest BCUT2D eigenvalue weighted by atomic mass is 79.9. The maximum atomic E-state index is 12.9. The fraction of sp³-hybridized carbons (Fsp3) is 0.333. The molecule has 27 heavy (non-hydrogen) atoms. The molecule has 140 valence electrons. The van der Waals surface area contributed by atoms with Gasteiger partial charge >= 0.3 is 0 Å². The van der Waals surface area contributed by atoms with Crippen molar-refractivity contribution in [3.05, 3.63) is 51.0 Å². The van der Waals surface area contributed by atoms with Gasteiger partial charge in [-0.05, 0) is 49.6 Å². The van der Waals surface area contributed by atoms with Crippen LogP contribution in [0.15, 0.2) is 44.1 Å². The van der Waals surface area contributed by atoms with Crippen LogP contribution >= 0.6 is 39.9 Å². The molecule has 0 bridgehead atoms. The lowest BCUT2D eigenvalue weighted by Gasteiger charge is -2.29. The Hall–Kier alpha value is -1.37. The van der Waals surface area contributed by atoms with Crippen LogP contribution in [0.4, 0.5) is 0 Å². The summed E-state index contributed by atoms with van der Waals surface area (Å²) >= 11 is 10.5. The second kappa shape index (κ2) is 7.94. The Balaban J connectivity index is 1.56. The summed E-state index contributed by atoms with van der Waals surface area (Å²) in [5.74, 6) is 1.46. The number of benzene rings is 1. The van der Waals surface area contributed by atoms with E-state index in [1.165, 1.54) is 36.6 Å². The highest BCUT2D eigenvalue weighted by Gasteiger charge is 2.37. The fourth-order valence-electron chi connectivity index (χ4n) is 3.66. The minimum atomic E-state index is 0.0198. The monoisotopic (exact) mass is 461 g/mol. The normalized spacial score (nSPS) is 20.1. The minimum absolute atomic E-state index is 0.0198. The molecule has 1 amide bonds. The Kier molecular flexibility index (Phi) is 5.58. The van der Waals surface area contributed by atoms with E-state index < -0.39 is 0 Å². The van der Waals surface area contributed by atoms with Crippen molar-refractivity contribution in [2.75, 3.05) is 0 Å². The third-order valence-electron chi connectivity index (χ3n) is 5.05. The topological polar surface area (TPSA) is 33.5 Å². The summed E-state index contributed by atoms with van der Waals surface area (Å²) < 4.78 is 7.65. The van der Waals surface area contributed by atoms with E-state index in [2.05, 4.69) is 35.0 Å². The molecule has 3 nitrogen and oxygen atoms in total. The van der Waals surface area contributed by atoms with Gasteiger partial charge in [-0.3, -0.25) is 9.69 Å². The number of aryl methyl sites for hydroxylation is 1. The summed E-state index contributed by atoms with van der Waals surface area (Å²) in [4.78, 5) is 15.4. The third kappa shape index (κ3) is 3.93. The molecule has 0 radical (unpaired) electrons. The van der Waals surface area contributed by atoms with Crippen molar-refractivity contribution in [2.24, 2.45) is 0 Å². The first-order valence-electron chi connectivity index (χ1n) is 9.16. The predicted octanol–water partition coefficient (Wildman–Crippen LogP) is 6.55. The maximum Gasteiger partial charge on any atom is 0.266 e. The Labute approximate surface area is 177 Å². The molecular weight excluding hydrogens is 442 g/mol. The average molecular weight is 462 g/mol. The number of hydrogen-bond acceptors (Lipinski definition) is 4. The number of furan rings is 1. The minimum Gasteiger partial charge on any atom is -0.457 e. The van der Waals surface area contributed by atoms with Crippen LogP contribution in [0.1, 0.15) is 43.4 Å². The molecular formula is C21H20BrNO2S2. The van der Waals surface area contributed by atoms with E-state index in [0.29, 0.717) is 15.0 Å². The first-order valence-corrected chi connectivity index (χ1v) is 11.2. The lowest BCUT2D eigenvalue weighted by molar-refractivity contribution is -0.124. The van der Waals surface area contributed by atoms with Gasteiger partial charge in [-0.2, -0.15) is 0 Å². The van der Waals surface area contributed by atoms with E-state index in [1.807, 2.05) is 29.2 Å². The van der Waals surface area contributed by atoms with Gasteiger partial charge < -0.3 is 4.42 Å². The number of thioether (sulfide) groups is 1. The second-order valence-corrected chi connectivity index (χ2v) is 9.56. The summed E-state index contributed by atoms with van der Waals surface area (Å²) in [6.45, 7) is 2.05. The van der Waals surface area contributed by atoms with Crippen LogP contribution in [0.25, 0.3) is 17.4 Å². The van der Waals surface area contributed by atoms with Crippen LogP contribution in [0.2, 0.25) is 0 Å². The Bertz CT molecular complexity index is 928. The van der Waals surface area contributed by atoms with E-state index in [4.69, 9.17) is 16.6 Å². The van der Waals surface area contributed by atoms with Gasteiger partial charge in [0.25, 0.3) is 5.91 Å². The first kappa shape index (κ1) is 19.0. The van der Waals surface area contributed by atoms with Gasteiger partial charge in [0, 0.05) is 22.2 Å². The number of hydrogen-bond donors (Lipinski definition) is 0. The zero-order valence-electron chi connectivity index (χ0n) is 15.0. The van der Waals surface area contributed by atoms with Crippen LogP contribution in [0, 0.1) is 6.92 Å². The molecule has 0 atom stereocenters. The Morgan fingerprint density at radius 1 is 1.22 bits per heavy atom. The van der Waals surface area contributed by atoms with Crippen molar-refractivity contribution in [2.45, 2.75) is 45.1 Å². The summed E-state index contributed by atoms with van der Waals surface area (Å²) in [7, 11) is 0. The summed E-state index contributed by atoms with van der Waals surface area (Å²) in [6.07, 6.45) is 7.51. The lowest BCUT2D eigenvalue weighted by atomic mass is 9.94. The van der Waals surface area contributed by atoms with Crippen molar-refractivity contribution in [3.63, 3.8) is 0 Å². The van der Waals surface area contributed by atoms with Crippen molar-refractivity contribution in [1.82, 2.24) is 4.90 Å².